The van der Waals surface area contributed by atoms with Crippen LogP contribution in [0.1, 0.15) is 30.7 Å². The predicted molar refractivity (Wildman–Crippen MR) is 89.0 cm³/mol. The summed E-state index contributed by atoms with van der Waals surface area (Å²) in [6.07, 6.45) is 0.309. The highest BCUT2D eigenvalue weighted by Gasteiger charge is 2.14. The molecule has 3 aromatic rings. The van der Waals surface area contributed by atoms with Crippen LogP contribution in [0.15, 0.2) is 65.1 Å². The largest absolute Gasteiger partial charge is 0.456 e. The van der Waals surface area contributed by atoms with Crippen LogP contribution in [0, 0.1) is 0 Å². The topological polar surface area (TPSA) is 65.2 Å². The molecule has 1 heterocycles. The van der Waals surface area contributed by atoms with Gasteiger partial charge in [-0.25, -0.2) is 0 Å². The van der Waals surface area contributed by atoms with E-state index in [4.69, 9.17) is 9.15 Å². The molecule has 0 aliphatic carbocycles. The Morgan fingerprint density at radius 3 is 2.42 bits per heavy atom. The SMILES string of the molecule is C[C@H](CC(=O)OCc1nnc(-c2ccccc2)o1)c1ccccc1. The monoisotopic (exact) mass is 322 g/mol. The molecule has 0 bridgehead atoms. The minimum Gasteiger partial charge on any atom is -0.456 e. The number of ether oxygens (including phenoxy) is 1. The fourth-order valence-corrected chi connectivity index (χ4v) is 2.36. The number of rotatable bonds is 6. The van der Waals surface area contributed by atoms with Gasteiger partial charge >= 0.3 is 5.97 Å². The van der Waals surface area contributed by atoms with E-state index in [0.29, 0.717) is 12.3 Å². The molecule has 0 N–H and O–H groups in total. The number of carbonyl (C=O) groups is 1. The van der Waals surface area contributed by atoms with Crippen molar-refractivity contribution in [3.05, 3.63) is 72.1 Å². The van der Waals surface area contributed by atoms with Gasteiger partial charge in [0.1, 0.15) is 0 Å². The van der Waals surface area contributed by atoms with Crippen molar-refractivity contribution in [3.8, 4) is 11.5 Å². The van der Waals surface area contributed by atoms with Gasteiger partial charge in [-0.15, -0.1) is 10.2 Å². The zero-order chi connectivity index (χ0) is 16.8. The molecule has 0 amide bonds. The lowest BCUT2D eigenvalue weighted by Gasteiger charge is -2.10. The van der Waals surface area contributed by atoms with E-state index in [9.17, 15) is 4.79 Å². The van der Waals surface area contributed by atoms with Crippen LogP contribution in [0.25, 0.3) is 11.5 Å². The normalized spacial score (nSPS) is 11.9. The Morgan fingerprint density at radius 1 is 1.04 bits per heavy atom. The summed E-state index contributed by atoms with van der Waals surface area (Å²) in [4.78, 5) is 12.0. The first-order valence-electron chi connectivity index (χ1n) is 7.81. The molecular formula is C19H18N2O3. The van der Waals surface area contributed by atoms with Crippen LogP contribution in [0.2, 0.25) is 0 Å². The lowest BCUT2D eigenvalue weighted by atomic mass is 9.98. The van der Waals surface area contributed by atoms with E-state index in [0.717, 1.165) is 11.1 Å². The summed E-state index contributed by atoms with van der Waals surface area (Å²) in [5.74, 6) is 0.515. The Bertz CT molecular complexity index is 785. The quantitative estimate of drug-likeness (QED) is 0.642. The van der Waals surface area contributed by atoms with Gasteiger partial charge in [0.2, 0.25) is 5.89 Å². The highest BCUT2D eigenvalue weighted by molar-refractivity contribution is 5.70. The summed E-state index contributed by atoms with van der Waals surface area (Å²) in [6.45, 7) is 1.98. The van der Waals surface area contributed by atoms with E-state index in [2.05, 4.69) is 10.2 Å². The fourth-order valence-electron chi connectivity index (χ4n) is 2.36. The van der Waals surface area contributed by atoms with Gasteiger partial charge in [0, 0.05) is 5.56 Å². The summed E-state index contributed by atoms with van der Waals surface area (Å²) >= 11 is 0. The van der Waals surface area contributed by atoms with Crippen LogP contribution in [0.4, 0.5) is 0 Å². The van der Waals surface area contributed by atoms with Gasteiger partial charge in [-0.2, -0.15) is 0 Å². The van der Waals surface area contributed by atoms with Crippen molar-refractivity contribution in [3.63, 3.8) is 0 Å². The molecule has 0 saturated carbocycles. The summed E-state index contributed by atoms with van der Waals surface area (Å²) in [5, 5.41) is 7.87. The van der Waals surface area contributed by atoms with Gasteiger partial charge in [-0.3, -0.25) is 4.79 Å². The van der Waals surface area contributed by atoms with Gasteiger partial charge in [0.15, 0.2) is 6.61 Å². The number of esters is 1. The van der Waals surface area contributed by atoms with Gasteiger partial charge in [0.25, 0.3) is 5.89 Å². The van der Waals surface area contributed by atoms with Crippen LogP contribution in [-0.2, 0) is 16.1 Å². The summed E-state index contributed by atoms with van der Waals surface area (Å²) < 4.78 is 10.7. The highest BCUT2D eigenvalue weighted by Crippen LogP contribution is 2.20. The molecule has 0 aliphatic heterocycles. The second-order valence-electron chi connectivity index (χ2n) is 5.54. The minimum absolute atomic E-state index is 0.0137. The van der Waals surface area contributed by atoms with Crippen molar-refractivity contribution in [1.29, 1.82) is 0 Å². The second kappa shape index (κ2) is 7.55. The number of hydrogen-bond donors (Lipinski definition) is 0. The lowest BCUT2D eigenvalue weighted by molar-refractivity contribution is -0.146. The molecule has 0 saturated heterocycles. The van der Waals surface area contributed by atoms with Crippen molar-refractivity contribution in [2.75, 3.05) is 0 Å². The van der Waals surface area contributed by atoms with Crippen LogP contribution in [0.5, 0.6) is 0 Å². The molecule has 2 aromatic carbocycles. The first-order valence-corrected chi connectivity index (χ1v) is 7.81. The summed E-state index contributed by atoms with van der Waals surface area (Å²) in [7, 11) is 0. The maximum atomic E-state index is 12.0. The number of nitrogens with zero attached hydrogens (tertiary/aromatic N) is 2. The van der Waals surface area contributed by atoms with Crippen molar-refractivity contribution >= 4 is 5.97 Å². The molecule has 0 fully saturated rings. The Balaban J connectivity index is 1.53. The summed E-state index contributed by atoms with van der Waals surface area (Å²) in [5.41, 5.74) is 1.94. The van der Waals surface area contributed by atoms with Gasteiger partial charge < -0.3 is 9.15 Å². The Kier molecular flexibility index (Phi) is 5.01. The molecule has 3 rings (SSSR count). The highest BCUT2D eigenvalue weighted by atomic mass is 16.5. The maximum absolute atomic E-state index is 12.0. The van der Waals surface area contributed by atoms with Crippen molar-refractivity contribution in [2.24, 2.45) is 0 Å². The first kappa shape index (κ1) is 15.9. The Labute approximate surface area is 140 Å². The summed E-state index contributed by atoms with van der Waals surface area (Å²) in [6, 6.07) is 19.3. The Morgan fingerprint density at radius 2 is 1.71 bits per heavy atom. The fraction of sp³-hybridized carbons (Fsp3) is 0.211. The molecule has 1 aromatic heterocycles. The van der Waals surface area contributed by atoms with Crippen LogP contribution in [-0.4, -0.2) is 16.2 Å². The van der Waals surface area contributed by atoms with Crippen LogP contribution >= 0.6 is 0 Å². The predicted octanol–water partition coefficient (Wildman–Crippen LogP) is 3.97. The molecule has 24 heavy (non-hydrogen) atoms. The van der Waals surface area contributed by atoms with Crippen LogP contribution in [0.3, 0.4) is 0 Å². The van der Waals surface area contributed by atoms with Crippen molar-refractivity contribution < 1.29 is 13.9 Å². The van der Waals surface area contributed by atoms with Crippen molar-refractivity contribution in [2.45, 2.75) is 25.9 Å². The third-order valence-corrected chi connectivity index (χ3v) is 3.69. The van der Waals surface area contributed by atoms with E-state index < -0.39 is 0 Å². The van der Waals surface area contributed by atoms with Crippen LogP contribution < -0.4 is 0 Å². The number of aromatic nitrogens is 2. The first-order chi connectivity index (χ1) is 11.7. The van der Waals surface area contributed by atoms with E-state index in [1.54, 1.807) is 0 Å². The van der Waals surface area contributed by atoms with Gasteiger partial charge in [-0.1, -0.05) is 55.5 Å². The molecular weight excluding hydrogens is 304 g/mol. The molecule has 0 radical (unpaired) electrons. The average molecular weight is 322 g/mol. The number of benzene rings is 2. The minimum atomic E-state index is -0.286. The maximum Gasteiger partial charge on any atom is 0.306 e. The lowest BCUT2D eigenvalue weighted by Crippen LogP contribution is -2.08. The number of hydrogen-bond acceptors (Lipinski definition) is 5. The molecule has 122 valence electrons. The molecule has 0 aliphatic rings. The van der Waals surface area contributed by atoms with Gasteiger partial charge in [-0.05, 0) is 23.6 Å². The van der Waals surface area contributed by atoms with Gasteiger partial charge in [0.05, 0.1) is 6.42 Å². The van der Waals surface area contributed by atoms with Crippen molar-refractivity contribution in [1.82, 2.24) is 10.2 Å². The molecule has 0 unspecified atom stereocenters. The third kappa shape index (κ3) is 4.07. The molecule has 5 heteroatoms. The Hall–Kier alpha value is -2.95. The second-order valence-corrected chi connectivity index (χ2v) is 5.54. The third-order valence-electron chi connectivity index (χ3n) is 3.69. The molecule has 5 nitrogen and oxygen atoms in total. The van der Waals surface area contributed by atoms with E-state index >= 15 is 0 Å². The van der Waals surface area contributed by atoms with E-state index in [-0.39, 0.29) is 24.4 Å². The molecule has 1 atom stereocenters. The zero-order valence-electron chi connectivity index (χ0n) is 13.4. The smallest absolute Gasteiger partial charge is 0.306 e. The molecule has 0 spiro atoms. The number of carbonyl (C=O) groups excluding carboxylic acids is 1. The van der Waals surface area contributed by atoms with E-state index in [1.807, 2.05) is 67.6 Å². The van der Waals surface area contributed by atoms with E-state index in [1.165, 1.54) is 0 Å². The average Bonchev–Trinajstić information content (AvgIpc) is 3.10. The standard InChI is InChI=1S/C19H18N2O3/c1-14(15-8-4-2-5-9-15)12-18(22)23-13-17-20-21-19(24-17)16-10-6-3-7-11-16/h2-11,14H,12-13H2,1H3/t14-/m1/s1. The zero-order valence-corrected chi connectivity index (χ0v) is 13.4.